The smallest absolute Gasteiger partial charge is 0.313 e. The van der Waals surface area contributed by atoms with Gasteiger partial charge in [-0.1, -0.05) is 12.1 Å². The molecular formula is C15H17NO4. The van der Waals surface area contributed by atoms with E-state index in [1.54, 1.807) is 45.2 Å². The summed E-state index contributed by atoms with van der Waals surface area (Å²) in [6, 6.07) is 7.02. The fraction of sp³-hybridized carbons (Fsp3) is 0.333. The van der Waals surface area contributed by atoms with Crippen molar-refractivity contribution >= 4 is 16.9 Å². The normalized spacial score (nSPS) is 12.3. The zero-order valence-electron chi connectivity index (χ0n) is 11.7. The minimum Gasteiger partial charge on any atom is -0.507 e. The first-order valence-electron chi connectivity index (χ1n) is 6.46. The van der Waals surface area contributed by atoms with Crippen LogP contribution in [-0.4, -0.2) is 22.2 Å². The van der Waals surface area contributed by atoms with E-state index in [-0.39, 0.29) is 23.5 Å². The Balaban J connectivity index is 2.71. The highest BCUT2D eigenvalue weighted by Gasteiger charge is 2.25. The third-order valence-electron chi connectivity index (χ3n) is 3.38. The molecule has 20 heavy (non-hydrogen) atoms. The molecule has 0 bridgehead atoms. The Morgan fingerprint density at radius 2 is 2.05 bits per heavy atom. The number of benzene rings is 1. The zero-order chi connectivity index (χ0) is 14.9. The monoisotopic (exact) mass is 275 g/mol. The average molecular weight is 275 g/mol. The van der Waals surface area contributed by atoms with E-state index in [2.05, 4.69) is 0 Å². The van der Waals surface area contributed by atoms with Crippen molar-refractivity contribution in [2.24, 2.45) is 7.05 Å². The van der Waals surface area contributed by atoms with Crippen molar-refractivity contribution in [1.82, 2.24) is 4.57 Å². The summed E-state index contributed by atoms with van der Waals surface area (Å²) in [6.45, 7) is 3.49. The summed E-state index contributed by atoms with van der Waals surface area (Å²) in [7, 11) is 1.62. The summed E-state index contributed by atoms with van der Waals surface area (Å²) in [4.78, 5) is 24.2. The Hall–Kier alpha value is -2.30. The van der Waals surface area contributed by atoms with Gasteiger partial charge in [-0.05, 0) is 26.0 Å². The van der Waals surface area contributed by atoms with Gasteiger partial charge in [0.15, 0.2) is 0 Å². The number of fused-ring (bicyclic) bond motifs is 1. The van der Waals surface area contributed by atoms with E-state index in [1.807, 2.05) is 0 Å². The number of nitrogens with zero attached hydrogens (tertiary/aromatic N) is 1. The zero-order valence-corrected chi connectivity index (χ0v) is 11.7. The summed E-state index contributed by atoms with van der Waals surface area (Å²) in [5.41, 5.74) is 0.307. The Kier molecular flexibility index (Phi) is 3.79. The van der Waals surface area contributed by atoms with Crippen molar-refractivity contribution in [2.75, 3.05) is 6.61 Å². The van der Waals surface area contributed by atoms with Crippen LogP contribution in [0.5, 0.6) is 5.75 Å². The van der Waals surface area contributed by atoms with Crippen LogP contribution in [-0.2, 0) is 16.6 Å². The molecule has 2 rings (SSSR count). The molecule has 106 valence electrons. The summed E-state index contributed by atoms with van der Waals surface area (Å²) < 4.78 is 6.35. The van der Waals surface area contributed by atoms with Crippen molar-refractivity contribution in [3.05, 3.63) is 40.2 Å². The third-order valence-corrected chi connectivity index (χ3v) is 3.38. The van der Waals surface area contributed by atoms with Crippen LogP contribution >= 0.6 is 0 Å². The molecule has 0 spiro atoms. The second kappa shape index (κ2) is 5.36. The van der Waals surface area contributed by atoms with Gasteiger partial charge in [0.1, 0.15) is 5.75 Å². The number of rotatable bonds is 3. The van der Waals surface area contributed by atoms with Crippen LogP contribution < -0.4 is 5.56 Å². The van der Waals surface area contributed by atoms with Gasteiger partial charge in [0.25, 0.3) is 5.56 Å². The van der Waals surface area contributed by atoms with E-state index >= 15 is 0 Å². The van der Waals surface area contributed by atoms with Gasteiger partial charge in [0.2, 0.25) is 0 Å². The molecule has 1 unspecified atom stereocenters. The van der Waals surface area contributed by atoms with Crippen LogP contribution in [0.3, 0.4) is 0 Å². The molecule has 0 radical (unpaired) electrons. The molecule has 0 fully saturated rings. The molecule has 1 N–H and O–H groups in total. The Labute approximate surface area is 116 Å². The lowest BCUT2D eigenvalue weighted by atomic mass is 9.99. The van der Waals surface area contributed by atoms with Crippen molar-refractivity contribution in [3.8, 4) is 5.75 Å². The molecule has 1 aromatic carbocycles. The van der Waals surface area contributed by atoms with E-state index in [0.29, 0.717) is 10.9 Å². The predicted molar refractivity (Wildman–Crippen MR) is 75.9 cm³/mol. The molecule has 1 aromatic heterocycles. The molecule has 0 saturated carbocycles. The lowest BCUT2D eigenvalue weighted by molar-refractivity contribution is -0.144. The molecular weight excluding hydrogens is 258 g/mol. The Morgan fingerprint density at radius 3 is 2.70 bits per heavy atom. The largest absolute Gasteiger partial charge is 0.507 e. The number of pyridine rings is 1. The summed E-state index contributed by atoms with van der Waals surface area (Å²) >= 11 is 0. The maximum atomic E-state index is 12.3. The molecule has 1 atom stereocenters. The van der Waals surface area contributed by atoms with Crippen molar-refractivity contribution < 1.29 is 14.6 Å². The number of hydrogen-bond donors (Lipinski definition) is 1. The van der Waals surface area contributed by atoms with Gasteiger partial charge in [-0.25, -0.2) is 0 Å². The molecule has 1 heterocycles. The van der Waals surface area contributed by atoms with E-state index in [0.717, 1.165) is 0 Å². The third kappa shape index (κ3) is 2.15. The second-order valence-corrected chi connectivity index (χ2v) is 4.62. The maximum Gasteiger partial charge on any atom is 0.313 e. The number of carbonyl (C=O) groups is 1. The lowest BCUT2D eigenvalue weighted by Gasteiger charge is -2.15. The van der Waals surface area contributed by atoms with Crippen LogP contribution in [0.1, 0.15) is 25.3 Å². The van der Waals surface area contributed by atoms with Crippen LogP contribution in [0, 0.1) is 0 Å². The molecule has 0 aliphatic rings. The van der Waals surface area contributed by atoms with Crippen LogP contribution in [0.15, 0.2) is 29.1 Å². The van der Waals surface area contributed by atoms with E-state index in [4.69, 9.17) is 4.74 Å². The van der Waals surface area contributed by atoms with Crippen LogP contribution in [0.4, 0.5) is 0 Å². The number of aryl methyl sites for hydroxylation is 1. The second-order valence-electron chi connectivity index (χ2n) is 4.62. The number of ether oxygens (including phenoxy) is 1. The van der Waals surface area contributed by atoms with Gasteiger partial charge in [0, 0.05) is 12.4 Å². The number of para-hydroxylation sites is 1. The predicted octanol–water partition coefficient (Wildman–Crippen LogP) is 1.91. The fourth-order valence-electron chi connectivity index (χ4n) is 2.28. The first-order valence-corrected chi connectivity index (χ1v) is 6.46. The topological polar surface area (TPSA) is 68.5 Å². The Morgan fingerprint density at radius 1 is 1.40 bits per heavy atom. The molecule has 2 aromatic rings. The lowest BCUT2D eigenvalue weighted by Crippen LogP contribution is -2.26. The number of hydrogen-bond acceptors (Lipinski definition) is 4. The van der Waals surface area contributed by atoms with Gasteiger partial charge in [0.05, 0.1) is 23.6 Å². The number of aromatic nitrogens is 1. The van der Waals surface area contributed by atoms with Gasteiger partial charge in [-0.15, -0.1) is 0 Å². The van der Waals surface area contributed by atoms with Crippen molar-refractivity contribution in [3.63, 3.8) is 0 Å². The van der Waals surface area contributed by atoms with E-state index in [9.17, 15) is 14.7 Å². The van der Waals surface area contributed by atoms with Gasteiger partial charge < -0.3 is 14.4 Å². The number of esters is 1. The quantitative estimate of drug-likeness (QED) is 0.869. The highest BCUT2D eigenvalue weighted by atomic mass is 16.5. The van der Waals surface area contributed by atoms with Crippen molar-refractivity contribution in [1.29, 1.82) is 0 Å². The fourth-order valence-corrected chi connectivity index (χ4v) is 2.28. The Bertz CT molecular complexity index is 718. The molecule has 5 heteroatoms. The SMILES string of the molecule is CCOC(=O)C(C)c1c(O)c2ccccc2n(C)c1=O. The maximum absolute atomic E-state index is 12.3. The summed E-state index contributed by atoms with van der Waals surface area (Å²) in [5.74, 6) is -1.47. The first kappa shape index (κ1) is 14.1. The van der Waals surface area contributed by atoms with Crippen LogP contribution in [0.2, 0.25) is 0 Å². The first-order chi connectivity index (χ1) is 9.49. The van der Waals surface area contributed by atoms with Gasteiger partial charge in [-0.3, -0.25) is 9.59 Å². The number of carbonyl (C=O) groups excluding carboxylic acids is 1. The average Bonchev–Trinajstić information content (AvgIpc) is 2.45. The molecule has 0 aliphatic carbocycles. The standard InChI is InChI=1S/C15H17NO4/c1-4-20-15(19)9(2)12-13(17)10-7-5-6-8-11(10)16(3)14(12)18/h5-9,17H,4H2,1-3H3. The van der Waals surface area contributed by atoms with E-state index < -0.39 is 11.9 Å². The minimum absolute atomic E-state index is 0.0738. The highest BCUT2D eigenvalue weighted by molar-refractivity contribution is 5.89. The van der Waals surface area contributed by atoms with Crippen molar-refractivity contribution in [2.45, 2.75) is 19.8 Å². The molecule has 0 amide bonds. The molecule has 5 nitrogen and oxygen atoms in total. The van der Waals surface area contributed by atoms with Gasteiger partial charge in [-0.2, -0.15) is 0 Å². The van der Waals surface area contributed by atoms with Gasteiger partial charge >= 0.3 is 5.97 Å². The highest BCUT2D eigenvalue weighted by Crippen LogP contribution is 2.30. The summed E-state index contributed by atoms with van der Waals surface area (Å²) in [5, 5.41) is 10.9. The molecule has 0 aliphatic heterocycles. The minimum atomic E-state index is -0.807. The van der Waals surface area contributed by atoms with E-state index in [1.165, 1.54) is 4.57 Å². The van der Waals surface area contributed by atoms with Crippen LogP contribution in [0.25, 0.3) is 10.9 Å². The summed E-state index contributed by atoms with van der Waals surface area (Å²) in [6.07, 6.45) is 0. The molecule has 0 saturated heterocycles. The number of aromatic hydroxyl groups is 1.